The van der Waals surface area contributed by atoms with Crippen LogP contribution in [0, 0.1) is 5.92 Å². The Morgan fingerprint density at radius 3 is 2.59 bits per heavy atom. The number of carbonyl (C=O) groups is 2. The molecule has 120 valence electrons. The molecule has 1 amide bonds. The number of esters is 1. The van der Waals surface area contributed by atoms with E-state index in [0.29, 0.717) is 23.8 Å². The van der Waals surface area contributed by atoms with E-state index in [1.165, 1.54) is 6.42 Å². The van der Waals surface area contributed by atoms with Gasteiger partial charge in [0.25, 0.3) is 0 Å². The molecule has 2 rings (SSSR count). The molecule has 1 fully saturated rings. The first-order valence-electron chi connectivity index (χ1n) is 7.83. The van der Waals surface area contributed by atoms with Gasteiger partial charge in [-0.2, -0.15) is 0 Å². The molecule has 1 aliphatic rings. The largest absolute Gasteiger partial charge is 0.462 e. The van der Waals surface area contributed by atoms with Gasteiger partial charge in [0.1, 0.15) is 6.10 Å². The molecule has 2 atom stereocenters. The molecule has 1 aromatic rings. The molecule has 0 radical (unpaired) electrons. The zero-order chi connectivity index (χ0) is 15.9. The van der Waals surface area contributed by atoms with E-state index in [9.17, 15) is 9.59 Å². The van der Waals surface area contributed by atoms with E-state index >= 15 is 0 Å². The number of rotatable bonds is 4. The van der Waals surface area contributed by atoms with Gasteiger partial charge < -0.3 is 9.47 Å². The second-order valence-corrected chi connectivity index (χ2v) is 5.72. The van der Waals surface area contributed by atoms with Crippen LogP contribution in [-0.4, -0.2) is 24.8 Å². The van der Waals surface area contributed by atoms with Crippen LogP contribution in [0.25, 0.3) is 0 Å². The minimum Gasteiger partial charge on any atom is -0.462 e. The molecular weight excluding hydrogens is 282 g/mol. The molecule has 22 heavy (non-hydrogen) atoms. The normalized spacial score (nSPS) is 21.0. The molecule has 5 heteroatoms. The van der Waals surface area contributed by atoms with Crippen LogP contribution < -0.4 is 5.32 Å². The van der Waals surface area contributed by atoms with Gasteiger partial charge in [-0.1, -0.05) is 13.3 Å². The Morgan fingerprint density at radius 2 is 1.95 bits per heavy atom. The van der Waals surface area contributed by atoms with Crippen molar-refractivity contribution in [2.45, 2.75) is 45.6 Å². The zero-order valence-corrected chi connectivity index (χ0v) is 13.1. The lowest BCUT2D eigenvalue weighted by atomic mass is 9.89. The number of benzene rings is 1. The number of nitrogens with one attached hydrogen (secondary N) is 1. The summed E-state index contributed by atoms with van der Waals surface area (Å²) in [5.41, 5.74) is 1.06. The third-order valence-corrected chi connectivity index (χ3v) is 3.80. The molecule has 0 aliphatic heterocycles. The minimum absolute atomic E-state index is 0.00237. The van der Waals surface area contributed by atoms with E-state index in [4.69, 9.17) is 9.47 Å². The molecule has 1 aliphatic carbocycles. The standard InChI is InChI=1S/C17H23NO4/c1-3-21-16(19)13-7-9-14(10-8-13)18-17(20)22-15-6-4-5-12(2)11-15/h7-10,12,15H,3-6,11H2,1-2H3,(H,18,20)/t12-,15-/m1/s1. The van der Waals surface area contributed by atoms with Crippen molar-refractivity contribution in [1.82, 2.24) is 0 Å². The third-order valence-electron chi connectivity index (χ3n) is 3.80. The number of ether oxygens (including phenoxy) is 2. The van der Waals surface area contributed by atoms with Gasteiger partial charge in [0, 0.05) is 5.69 Å². The minimum atomic E-state index is -0.442. The Kier molecular flexibility index (Phi) is 5.81. The summed E-state index contributed by atoms with van der Waals surface area (Å²) in [4.78, 5) is 23.4. The Labute approximate surface area is 131 Å². The quantitative estimate of drug-likeness (QED) is 0.854. The predicted octanol–water partition coefficient (Wildman–Crippen LogP) is 3.99. The van der Waals surface area contributed by atoms with Crippen molar-refractivity contribution in [1.29, 1.82) is 0 Å². The van der Waals surface area contributed by atoms with E-state index in [1.807, 2.05) is 0 Å². The van der Waals surface area contributed by atoms with Crippen LogP contribution in [0.3, 0.4) is 0 Å². The summed E-state index contributed by atoms with van der Waals surface area (Å²) in [5, 5.41) is 2.69. The number of hydrogen-bond acceptors (Lipinski definition) is 4. The summed E-state index contributed by atoms with van der Waals surface area (Å²) in [6.45, 7) is 4.28. The van der Waals surface area contributed by atoms with Crippen molar-refractivity contribution >= 4 is 17.7 Å². The lowest BCUT2D eigenvalue weighted by molar-refractivity contribution is 0.0526. The molecule has 1 N–H and O–H groups in total. The lowest BCUT2D eigenvalue weighted by Crippen LogP contribution is -2.27. The zero-order valence-electron chi connectivity index (χ0n) is 13.1. The topological polar surface area (TPSA) is 64.6 Å². The highest BCUT2D eigenvalue weighted by atomic mass is 16.6. The van der Waals surface area contributed by atoms with Gasteiger partial charge in [-0.15, -0.1) is 0 Å². The van der Waals surface area contributed by atoms with Gasteiger partial charge in [0.15, 0.2) is 0 Å². The fourth-order valence-electron chi connectivity index (χ4n) is 2.69. The van der Waals surface area contributed by atoms with Crippen LogP contribution in [0.2, 0.25) is 0 Å². The Bertz CT molecular complexity index is 512. The SMILES string of the molecule is CCOC(=O)c1ccc(NC(=O)O[C@@H]2CCC[C@@H](C)C2)cc1. The van der Waals surface area contributed by atoms with Crippen LogP contribution in [0.1, 0.15) is 49.9 Å². The van der Waals surface area contributed by atoms with Crippen molar-refractivity contribution in [3.05, 3.63) is 29.8 Å². The summed E-state index contributed by atoms with van der Waals surface area (Å²) in [6.07, 6.45) is 3.73. The third kappa shape index (κ3) is 4.76. The van der Waals surface area contributed by atoms with Gasteiger partial charge in [-0.3, -0.25) is 5.32 Å². The second-order valence-electron chi connectivity index (χ2n) is 5.72. The molecule has 0 aromatic heterocycles. The van der Waals surface area contributed by atoms with E-state index in [2.05, 4.69) is 12.2 Å². The van der Waals surface area contributed by atoms with Crippen LogP contribution in [0.15, 0.2) is 24.3 Å². The van der Waals surface area contributed by atoms with Crippen molar-refractivity contribution < 1.29 is 19.1 Å². The van der Waals surface area contributed by atoms with E-state index in [1.54, 1.807) is 31.2 Å². The molecular formula is C17H23NO4. The summed E-state index contributed by atoms with van der Waals surface area (Å²) in [7, 11) is 0. The molecule has 1 aromatic carbocycles. The molecule has 1 saturated carbocycles. The maximum Gasteiger partial charge on any atom is 0.411 e. The summed E-state index contributed by atoms with van der Waals surface area (Å²) in [5.74, 6) is 0.239. The van der Waals surface area contributed by atoms with Gasteiger partial charge in [0.2, 0.25) is 0 Å². The molecule has 0 spiro atoms. The van der Waals surface area contributed by atoms with E-state index in [-0.39, 0.29) is 12.1 Å². The van der Waals surface area contributed by atoms with Crippen LogP contribution in [0.4, 0.5) is 10.5 Å². The monoisotopic (exact) mass is 305 g/mol. The van der Waals surface area contributed by atoms with E-state index < -0.39 is 6.09 Å². The number of anilines is 1. The highest BCUT2D eigenvalue weighted by Gasteiger charge is 2.22. The van der Waals surface area contributed by atoms with Crippen LogP contribution in [-0.2, 0) is 9.47 Å². The van der Waals surface area contributed by atoms with Gasteiger partial charge in [-0.05, 0) is 56.4 Å². The van der Waals surface area contributed by atoms with Crippen molar-refractivity contribution in [2.24, 2.45) is 5.92 Å². The molecule has 0 saturated heterocycles. The Balaban J connectivity index is 1.85. The van der Waals surface area contributed by atoms with Crippen molar-refractivity contribution in [3.63, 3.8) is 0 Å². The average molecular weight is 305 g/mol. The fourth-order valence-corrected chi connectivity index (χ4v) is 2.69. The Morgan fingerprint density at radius 1 is 1.23 bits per heavy atom. The number of amides is 1. The highest BCUT2D eigenvalue weighted by Crippen LogP contribution is 2.26. The van der Waals surface area contributed by atoms with Crippen molar-refractivity contribution in [3.8, 4) is 0 Å². The molecule has 0 heterocycles. The van der Waals surface area contributed by atoms with Gasteiger partial charge in [-0.25, -0.2) is 9.59 Å². The predicted molar refractivity (Wildman–Crippen MR) is 83.9 cm³/mol. The lowest BCUT2D eigenvalue weighted by Gasteiger charge is -2.26. The Hall–Kier alpha value is -2.04. The highest BCUT2D eigenvalue weighted by molar-refractivity contribution is 5.91. The maximum absolute atomic E-state index is 11.9. The fraction of sp³-hybridized carbons (Fsp3) is 0.529. The van der Waals surface area contributed by atoms with Gasteiger partial charge >= 0.3 is 12.1 Å². The summed E-state index contributed by atoms with van der Waals surface area (Å²) >= 11 is 0. The smallest absolute Gasteiger partial charge is 0.411 e. The van der Waals surface area contributed by atoms with Crippen molar-refractivity contribution in [2.75, 3.05) is 11.9 Å². The number of carbonyl (C=O) groups excluding carboxylic acids is 2. The first-order valence-corrected chi connectivity index (χ1v) is 7.83. The van der Waals surface area contributed by atoms with Crippen LogP contribution in [0.5, 0.6) is 0 Å². The molecule has 5 nitrogen and oxygen atoms in total. The van der Waals surface area contributed by atoms with E-state index in [0.717, 1.165) is 19.3 Å². The first-order chi connectivity index (χ1) is 10.6. The average Bonchev–Trinajstić information content (AvgIpc) is 2.48. The second kappa shape index (κ2) is 7.82. The molecule has 0 unspecified atom stereocenters. The number of hydrogen-bond donors (Lipinski definition) is 1. The maximum atomic E-state index is 11.9. The first kappa shape index (κ1) is 16.3. The summed E-state index contributed by atoms with van der Waals surface area (Å²) < 4.78 is 10.3. The van der Waals surface area contributed by atoms with Crippen LogP contribution >= 0.6 is 0 Å². The van der Waals surface area contributed by atoms with Gasteiger partial charge in [0.05, 0.1) is 12.2 Å². The summed E-state index contributed by atoms with van der Waals surface area (Å²) in [6, 6.07) is 6.57. The molecule has 0 bridgehead atoms.